The third kappa shape index (κ3) is 3.18. The van der Waals surface area contributed by atoms with Crippen LogP contribution in [-0.4, -0.2) is 30.8 Å². The molecule has 2 heterocycles. The Morgan fingerprint density at radius 2 is 2.56 bits per heavy atom. The van der Waals surface area contributed by atoms with Gasteiger partial charge < -0.3 is 14.8 Å². The summed E-state index contributed by atoms with van der Waals surface area (Å²) in [6.45, 7) is 5.09. The molecule has 2 rings (SSSR count). The standard InChI is InChI=1S/C12H18N2O2/c1-2-13-10-3-5-14-11(7-10)8-16-12-4-6-15-9-12/h3,5,7,12H,2,4,6,8-9H2,1H3,(H,13,14). The van der Waals surface area contributed by atoms with Crippen LogP contribution in [0.25, 0.3) is 0 Å². The number of anilines is 1. The van der Waals surface area contributed by atoms with E-state index >= 15 is 0 Å². The highest BCUT2D eigenvalue weighted by Crippen LogP contribution is 2.13. The van der Waals surface area contributed by atoms with Crippen molar-refractivity contribution in [2.24, 2.45) is 0 Å². The van der Waals surface area contributed by atoms with Gasteiger partial charge >= 0.3 is 0 Å². The van der Waals surface area contributed by atoms with Crippen molar-refractivity contribution in [1.82, 2.24) is 4.98 Å². The minimum Gasteiger partial charge on any atom is -0.385 e. The summed E-state index contributed by atoms with van der Waals surface area (Å²) >= 11 is 0. The van der Waals surface area contributed by atoms with E-state index in [1.165, 1.54) is 0 Å². The van der Waals surface area contributed by atoms with E-state index in [-0.39, 0.29) is 6.10 Å². The van der Waals surface area contributed by atoms with Gasteiger partial charge in [0, 0.05) is 25.0 Å². The average Bonchev–Trinajstić information content (AvgIpc) is 2.80. The van der Waals surface area contributed by atoms with Crippen LogP contribution in [-0.2, 0) is 16.1 Å². The van der Waals surface area contributed by atoms with Crippen molar-refractivity contribution in [2.75, 3.05) is 25.1 Å². The van der Waals surface area contributed by atoms with Crippen LogP contribution in [0.2, 0.25) is 0 Å². The van der Waals surface area contributed by atoms with E-state index in [0.29, 0.717) is 13.2 Å². The van der Waals surface area contributed by atoms with Crippen molar-refractivity contribution >= 4 is 5.69 Å². The first-order chi connectivity index (χ1) is 7.88. The highest BCUT2D eigenvalue weighted by atomic mass is 16.5. The first-order valence-electron chi connectivity index (χ1n) is 5.76. The zero-order valence-electron chi connectivity index (χ0n) is 9.61. The number of pyridine rings is 1. The molecular weight excluding hydrogens is 204 g/mol. The van der Waals surface area contributed by atoms with E-state index in [0.717, 1.165) is 31.0 Å². The SMILES string of the molecule is CCNc1ccnc(COC2CCOC2)c1. The molecule has 0 spiro atoms. The lowest BCUT2D eigenvalue weighted by molar-refractivity contribution is 0.0302. The zero-order chi connectivity index (χ0) is 11.2. The second kappa shape index (κ2) is 5.82. The van der Waals surface area contributed by atoms with Crippen LogP contribution in [0.4, 0.5) is 5.69 Å². The monoisotopic (exact) mass is 222 g/mol. The summed E-state index contributed by atoms with van der Waals surface area (Å²) in [6, 6.07) is 3.99. The van der Waals surface area contributed by atoms with Crippen molar-refractivity contribution in [2.45, 2.75) is 26.1 Å². The van der Waals surface area contributed by atoms with Crippen LogP contribution in [0.5, 0.6) is 0 Å². The molecule has 1 aromatic rings. The Balaban J connectivity index is 1.85. The minimum atomic E-state index is 0.240. The molecule has 0 saturated carbocycles. The summed E-state index contributed by atoms with van der Waals surface area (Å²) in [5.74, 6) is 0. The molecule has 0 radical (unpaired) electrons. The number of ether oxygens (including phenoxy) is 2. The molecule has 0 amide bonds. The molecule has 1 aliphatic heterocycles. The minimum absolute atomic E-state index is 0.240. The fraction of sp³-hybridized carbons (Fsp3) is 0.583. The molecule has 4 heteroatoms. The number of hydrogen-bond acceptors (Lipinski definition) is 4. The fourth-order valence-electron chi connectivity index (χ4n) is 1.72. The van der Waals surface area contributed by atoms with Crippen LogP contribution in [0, 0.1) is 0 Å². The molecular formula is C12H18N2O2. The van der Waals surface area contributed by atoms with E-state index in [9.17, 15) is 0 Å². The Morgan fingerprint density at radius 3 is 3.31 bits per heavy atom. The second-order valence-electron chi connectivity index (χ2n) is 3.86. The summed E-state index contributed by atoms with van der Waals surface area (Å²) in [5, 5.41) is 3.26. The molecule has 1 aromatic heterocycles. The van der Waals surface area contributed by atoms with Crippen molar-refractivity contribution in [3.05, 3.63) is 24.0 Å². The molecule has 0 aromatic carbocycles. The third-order valence-electron chi connectivity index (χ3n) is 2.55. The molecule has 1 fully saturated rings. The van der Waals surface area contributed by atoms with Gasteiger partial charge in [-0.15, -0.1) is 0 Å². The van der Waals surface area contributed by atoms with Crippen LogP contribution in [0.15, 0.2) is 18.3 Å². The van der Waals surface area contributed by atoms with Gasteiger partial charge in [-0.25, -0.2) is 0 Å². The van der Waals surface area contributed by atoms with Crippen LogP contribution in [0.3, 0.4) is 0 Å². The molecule has 16 heavy (non-hydrogen) atoms. The van der Waals surface area contributed by atoms with Crippen molar-refractivity contribution in [1.29, 1.82) is 0 Å². The van der Waals surface area contributed by atoms with E-state index < -0.39 is 0 Å². The predicted molar refractivity (Wildman–Crippen MR) is 62.4 cm³/mol. The van der Waals surface area contributed by atoms with Crippen molar-refractivity contribution in [3.63, 3.8) is 0 Å². The smallest absolute Gasteiger partial charge is 0.0893 e. The third-order valence-corrected chi connectivity index (χ3v) is 2.55. The molecule has 1 atom stereocenters. The number of nitrogens with zero attached hydrogens (tertiary/aromatic N) is 1. The largest absolute Gasteiger partial charge is 0.385 e. The Bertz CT molecular complexity index is 325. The lowest BCUT2D eigenvalue weighted by atomic mass is 10.3. The van der Waals surface area contributed by atoms with Gasteiger partial charge in [-0.2, -0.15) is 0 Å². The molecule has 1 N–H and O–H groups in total. The summed E-state index contributed by atoms with van der Waals surface area (Å²) in [5.41, 5.74) is 2.06. The quantitative estimate of drug-likeness (QED) is 0.825. The maximum Gasteiger partial charge on any atom is 0.0893 e. The van der Waals surface area contributed by atoms with Gasteiger partial charge in [0.2, 0.25) is 0 Å². The fourth-order valence-corrected chi connectivity index (χ4v) is 1.72. The summed E-state index contributed by atoms with van der Waals surface area (Å²) < 4.78 is 11.0. The molecule has 88 valence electrons. The maximum absolute atomic E-state index is 5.71. The molecule has 4 nitrogen and oxygen atoms in total. The molecule has 0 aliphatic carbocycles. The first kappa shape index (κ1) is 11.4. The van der Waals surface area contributed by atoms with Crippen molar-refractivity contribution in [3.8, 4) is 0 Å². The predicted octanol–water partition coefficient (Wildman–Crippen LogP) is 1.82. The average molecular weight is 222 g/mol. The molecule has 0 bridgehead atoms. The normalized spacial score (nSPS) is 19.9. The van der Waals surface area contributed by atoms with E-state index in [2.05, 4.69) is 17.2 Å². The summed E-state index contributed by atoms with van der Waals surface area (Å²) in [7, 11) is 0. The number of aromatic nitrogens is 1. The van der Waals surface area contributed by atoms with Crippen molar-refractivity contribution < 1.29 is 9.47 Å². The van der Waals surface area contributed by atoms with Gasteiger partial charge in [0.05, 0.1) is 25.0 Å². The Morgan fingerprint density at radius 1 is 1.62 bits per heavy atom. The highest BCUT2D eigenvalue weighted by Gasteiger charge is 2.15. The Labute approximate surface area is 96.0 Å². The topological polar surface area (TPSA) is 43.4 Å². The van der Waals surface area contributed by atoms with Crippen LogP contribution < -0.4 is 5.32 Å². The van der Waals surface area contributed by atoms with Crippen LogP contribution >= 0.6 is 0 Å². The van der Waals surface area contributed by atoms with E-state index in [1.54, 1.807) is 0 Å². The molecule has 1 unspecified atom stereocenters. The number of nitrogens with one attached hydrogen (secondary N) is 1. The zero-order valence-corrected chi connectivity index (χ0v) is 9.61. The molecule has 1 aliphatic rings. The van der Waals surface area contributed by atoms with Gasteiger partial charge in [0.25, 0.3) is 0 Å². The van der Waals surface area contributed by atoms with Gasteiger partial charge in [-0.3, -0.25) is 4.98 Å². The van der Waals surface area contributed by atoms with E-state index in [4.69, 9.17) is 9.47 Å². The number of rotatable bonds is 5. The highest BCUT2D eigenvalue weighted by molar-refractivity contribution is 5.42. The van der Waals surface area contributed by atoms with Gasteiger partial charge in [0.1, 0.15) is 0 Å². The lowest BCUT2D eigenvalue weighted by Crippen LogP contribution is -2.12. The van der Waals surface area contributed by atoms with Gasteiger partial charge in [-0.1, -0.05) is 0 Å². The lowest BCUT2D eigenvalue weighted by Gasteiger charge is -2.10. The Hall–Kier alpha value is -1.13. The second-order valence-corrected chi connectivity index (χ2v) is 3.86. The number of hydrogen-bond donors (Lipinski definition) is 1. The summed E-state index contributed by atoms with van der Waals surface area (Å²) in [6.07, 6.45) is 3.04. The van der Waals surface area contributed by atoms with E-state index in [1.807, 2.05) is 18.3 Å². The van der Waals surface area contributed by atoms with Gasteiger partial charge in [-0.05, 0) is 25.5 Å². The summed E-state index contributed by atoms with van der Waals surface area (Å²) in [4.78, 5) is 4.28. The molecule has 1 saturated heterocycles. The maximum atomic E-state index is 5.71. The van der Waals surface area contributed by atoms with Crippen LogP contribution in [0.1, 0.15) is 19.0 Å². The Kier molecular flexibility index (Phi) is 4.13. The first-order valence-corrected chi connectivity index (χ1v) is 5.76. The van der Waals surface area contributed by atoms with Gasteiger partial charge in [0.15, 0.2) is 0 Å².